The zero-order chi connectivity index (χ0) is 17.0. The van der Waals surface area contributed by atoms with Crippen molar-refractivity contribution in [2.45, 2.75) is 25.4 Å². The van der Waals surface area contributed by atoms with Crippen LogP contribution in [0.25, 0.3) is 0 Å². The molecule has 1 saturated heterocycles. The number of benzene rings is 1. The highest BCUT2D eigenvalue weighted by atomic mass is 35.5. The van der Waals surface area contributed by atoms with Gasteiger partial charge in [0.25, 0.3) is 0 Å². The Morgan fingerprint density at radius 1 is 1.17 bits per heavy atom. The molecule has 8 heteroatoms. The van der Waals surface area contributed by atoms with Crippen molar-refractivity contribution >= 4 is 34.8 Å². The van der Waals surface area contributed by atoms with Gasteiger partial charge in [-0.1, -0.05) is 23.2 Å². The highest BCUT2D eigenvalue weighted by Gasteiger charge is 2.33. The van der Waals surface area contributed by atoms with E-state index >= 15 is 0 Å². The summed E-state index contributed by atoms with van der Waals surface area (Å²) in [5.74, 6) is -0.585. The standard InChI is InChI=1S/C15H17Cl2F3N2O/c16-11-5-12(17)7-13(6-11)21-14(23)9-22-3-1-10(2-4-22)8-15(18,19)20/h5-7,10H,1-4,8-9H2,(H,21,23). The SMILES string of the molecule is O=C(CN1CCC(CC(F)(F)F)CC1)Nc1cc(Cl)cc(Cl)c1. The highest BCUT2D eigenvalue weighted by molar-refractivity contribution is 6.35. The van der Waals surface area contributed by atoms with E-state index in [-0.39, 0.29) is 18.4 Å². The predicted molar refractivity (Wildman–Crippen MR) is 84.9 cm³/mol. The number of halogens is 5. The number of amides is 1. The van der Waals surface area contributed by atoms with Crippen LogP contribution in [0.4, 0.5) is 18.9 Å². The fourth-order valence-corrected chi connectivity index (χ4v) is 3.23. The van der Waals surface area contributed by atoms with Gasteiger partial charge in [0.1, 0.15) is 0 Å². The number of hydrogen-bond donors (Lipinski definition) is 1. The first-order valence-corrected chi connectivity index (χ1v) is 8.02. The average molecular weight is 369 g/mol. The predicted octanol–water partition coefficient (Wildman–Crippen LogP) is 4.60. The molecule has 128 valence electrons. The minimum absolute atomic E-state index is 0.142. The lowest BCUT2D eigenvalue weighted by molar-refractivity contribution is -0.147. The lowest BCUT2D eigenvalue weighted by Gasteiger charge is -2.31. The maximum atomic E-state index is 12.4. The number of alkyl halides is 3. The number of piperidine rings is 1. The van der Waals surface area contributed by atoms with Gasteiger partial charge in [0.2, 0.25) is 5.91 Å². The van der Waals surface area contributed by atoms with E-state index in [1.54, 1.807) is 18.2 Å². The quantitative estimate of drug-likeness (QED) is 0.842. The van der Waals surface area contributed by atoms with Gasteiger partial charge in [0, 0.05) is 22.2 Å². The molecule has 1 aromatic carbocycles. The smallest absolute Gasteiger partial charge is 0.325 e. The third kappa shape index (κ3) is 6.57. The number of likely N-dealkylation sites (tertiary alicyclic amines) is 1. The van der Waals surface area contributed by atoms with E-state index in [1.807, 2.05) is 4.90 Å². The monoisotopic (exact) mass is 368 g/mol. The summed E-state index contributed by atoms with van der Waals surface area (Å²) < 4.78 is 37.1. The Balaban J connectivity index is 1.78. The summed E-state index contributed by atoms with van der Waals surface area (Å²) in [6.45, 7) is 1.12. The fourth-order valence-electron chi connectivity index (χ4n) is 2.71. The first-order chi connectivity index (χ1) is 10.7. The Hall–Kier alpha value is -0.980. The molecule has 0 radical (unpaired) electrons. The van der Waals surface area contributed by atoms with Crippen LogP contribution in [-0.2, 0) is 4.79 Å². The number of anilines is 1. The molecule has 1 fully saturated rings. The summed E-state index contributed by atoms with van der Waals surface area (Å²) in [4.78, 5) is 13.9. The molecule has 0 spiro atoms. The molecule has 0 bridgehead atoms. The molecule has 3 nitrogen and oxygen atoms in total. The largest absolute Gasteiger partial charge is 0.389 e. The summed E-state index contributed by atoms with van der Waals surface area (Å²) in [6.07, 6.45) is -3.95. The molecule has 0 unspecified atom stereocenters. The van der Waals surface area contributed by atoms with E-state index in [4.69, 9.17) is 23.2 Å². The number of hydrogen-bond acceptors (Lipinski definition) is 2. The summed E-state index contributed by atoms with van der Waals surface area (Å²) in [7, 11) is 0. The molecule has 23 heavy (non-hydrogen) atoms. The van der Waals surface area contributed by atoms with Crippen molar-refractivity contribution in [1.82, 2.24) is 4.90 Å². The maximum Gasteiger partial charge on any atom is 0.389 e. The van der Waals surface area contributed by atoms with Crippen LogP contribution in [0.3, 0.4) is 0 Å². The molecular formula is C15H17Cl2F3N2O. The second-order valence-electron chi connectivity index (χ2n) is 5.75. The highest BCUT2D eigenvalue weighted by Crippen LogP contribution is 2.30. The first kappa shape index (κ1) is 18.4. The lowest BCUT2D eigenvalue weighted by atomic mass is 9.93. The van der Waals surface area contributed by atoms with Gasteiger partial charge in [-0.3, -0.25) is 9.69 Å². The van der Waals surface area contributed by atoms with Gasteiger partial charge in [-0.25, -0.2) is 0 Å². The summed E-state index contributed by atoms with van der Waals surface area (Å²) >= 11 is 11.7. The van der Waals surface area contributed by atoms with Gasteiger partial charge in [0.15, 0.2) is 0 Å². The van der Waals surface area contributed by atoms with Crippen LogP contribution in [0.15, 0.2) is 18.2 Å². The molecule has 2 rings (SSSR count). The molecule has 0 aliphatic carbocycles. The minimum Gasteiger partial charge on any atom is -0.325 e. The van der Waals surface area contributed by atoms with Crippen LogP contribution in [0.2, 0.25) is 10.0 Å². The molecule has 0 atom stereocenters. The van der Waals surface area contributed by atoms with Crippen molar-refractivity contribution < 1.29 is 18.0 Å². The van der Waals surface area contributed by atoms with Crippen molar-refractivity contribution in [2.24, 2.45) is 5.92 Å². The molecule has 0 saturated carbocycles. The second kappa shape index (κ2) is 7.73. The van der Waals surface area contributed by atoms with E-state index in [1.165, 1.54) is 0 Å². The molecular weight excluding hydrogens is 352 g/mol. The van der Waals surface area contributed by atoms with Gasteiger partial charge in [-0.2, -0.15) is 13.2 Å². The van der Waals surface area contributed by atoms with E-state index < -0.39 is 12.6 Å². The number of nitrogens with one attached hydrogen (secondary N) is 1. The van der Waals surface area contributed by atoms with Crippen LogP contribution in [0.1, 0.15) is 19.3 Å². The zero-order valence-corrected chi connectivity index (χ0v) is 13.8. The van der Waals surface area contributed by atoms with E-state index in [9.17, 15) is 18.0 Å². The van der Waals surface area contributed by atoms with Crippen molar-refractivity contribution in [2.75, 3.05) is 25.0 Å². The lowest BCUT2D eigenvalue weighted by Crippen LogP contribution is -2.40. The maximum absolute atomic E-state index is 12.4. The van der Waals surface area contributed by atoms with E-state index in [2.05, 4.69) is 5.32 Å². The number of carbonyl (C=O) groups excluding carboxylic acids is 1. The van der Waals surface area contributed by atoms with Crippen molar-refractivity contribution in [1.29, 1.82) is 0 Å². The van der Waals surface area contributed by atoms with Crippen LogP contribution in [-0.4, -0.2) is 36.6 Å². The molecule has 1 aromatic rings. The Kier molecular flexibility index (Phi) is 6.17. The third-order valence-electron chi connectivity index (χ3n) is 3.74. The fraction of sp³-hybridized carbons (Fsp3) is 0.533. The summed E-state index contributed by atoms with van der Waals surface area (Å²) in [5, 5.41) is 3.53. The topological polar surface area (TPSA) is 32.3 Å². The molecule has 1 N–H and O–H groups in total. The molecule has 1 amide bonds. The van der Waals surface area contributed by atoms with Gasteiger partial charge < -0.3 is 5.32 Å². The molecule has 1 heterocycles. The van der Waals surface area contributed by atoms with E-state index in [0.29, 0.717) is 41.7 Å². The number of nitrogens with zero attached hydrogens (tertiary/aromatic N) is 1. The van der Waals surface area contributed by atoms with Crippen LogP contribution < -0.4 is 5.32 Å². The Morgan fingerprint density at radius 2 is 1.74 bits per heavy atom. The number of rotatable bonds is 4. The second-order valence-corrected chi connectivity index (χ2v) is 6.62. The molecule has 0 aromatic heterocycles. The van der Waals surface area contributed by atoms with E-state index in [0.717, 1.165) is 0 Å². The van der Waals surface area contributed by atoms with Gasteiger partial charge >= 0.3 is 6.18 Å². The Labute approximate surface area is 142 Å². The third-order valence-corrected chi connectivity index (χ3v) is 4.18. The average Bonchev–Trinajstić information content (AvgIpc) is 2.38. The zero-order valence-electron chi connectivity index (χ0n) is 12.3. The summed E-state index contributed by atoms with van der Waals surface area (Å²) in [5.41, 5.74) is 0.499. The minimum atomic E-state index is -4.12. The van der Waals surface area contributed by atoms with Crippen LogP contribution >= 0.6 is 23.2 Å². The normalized spacial score (nSPS) is 17.3. The Bertz CT molecular complexity index is 538. The summed E-state index contributed by atoms with van der Waals surface area (Å²) in [6, 6.07) is 4.73. The van der Waals surface area contributed by atoms with Gasteiger partial charge in [-0.05, 0) is 50.0 Å². The Morgan fingerprint density at radius 3 is 2.26 bits per heavy atom. The molecule has 1 aliphatic heterocycles. The van der Waals surface area contributed by atoms with Crippen LogP contribution in [0, 0.1) is 5.92 Å². The van der Waals surface area contributed by atoms with Gasteiger partial charge in [0.05, 0.1) is 6.54 Å². The van der Waals surface area contributed by atoms with Crippen LogP contribution in [0.5, 0.6) is 0 Å². The number of carbonyl (C=O) groups is 1. The van der Waals surface area contributed by atoms with Crippen molar-refractivity contribution in [3.63, 3.8) is 0 Å². The first-order valence-electron chi connectivity index (χ1n) is 7.26. The van der Waals surface area contributed by atoms with Crippen molar-refractivity contribution in [3.05, 3.63) is 28.2 Å². The van der Waals surface area contributed by atoms with Gasteiger partial charge in [-0.15, -0.1) is 0 Å². The molecule has 1 aliphatic rings. The van der Waals surface area contributed by atoms with Crippen molar-refractivity contribution in [3.8, 4) is 0 Å².